The van der Waals surface area contributed by atoms with E-state index in [0.717, 1.165) is 5.56 Å². The normalized spacial score (nSPS) is 15.4. The van der Waals surface area contributed by atoms with Crippen molar-refractivity contribution in [2.45, 2.75) is 23.8 Å². The Morgan fingerprint density at radius 1 is 1.18 bits per heavy atom. The highest BCUT2D eigenvalue weighted by molar-refractivity contribution is 7.91. The van der Waals surface area contributed by atoms with Crippen LogP contribution >= 0.6 is 0 Å². The number of methoxy groups -OCH3 is 1. The van der Waals surface area contributed by atoms with Crippen molar-refractivity contribution in [2.75, 3.05) is 20.2 Å². The van der Waals surface area contributed by atoms with Crippen LogP contribution in [0.3, 0.4) is 0 Å². The van der Waals surface area contributed by atoms with Crippen molar-refractivity contribution < 1.29 is 17.9 Å². The summed E-state index contributed by atoms with van der Waals surface area (Å²) in [5, 5.41) is -0.459. The summed E-state index contributed by atoms with van der Waals surface area (Å²) in [5.41, 5.74) is 0.810. The average Bonchev–Trinajstić information content (AvgIpc) is 2.69. The van der Waals surface area contributed by atoms with E-state index in [9.17, 15) is 18.0 Å². The molecule has 2 heterocycles. The predicted molar refractivity (Wildman–Crippen MR) is 106 cm³/mol. The molecular weight excluding hydrogens is 380 g/mol. The fourth-order valence-corrected chi connectivity index (χ4v) is 5.28. The van der Waals surface area contributed by atoms with Gasteiger partial charge in [-0.1, -0.05) is 30.3 Å². The van der Waals surface area contributed by atoms with E-state index >= 15 is 0 Å². The van der Waals surface area contributed by atoms with Crippen LogP contribution in [-0.2, 0) is 22.6 Å². The SMILES string of the molecule is COc1cc(=O)n(C)cc1C(=O)N1CCC(S(=O)(=O)Cc2ccccc2)CC1. The van der Waals surface area contributed by atoms with E-state index in [1.165, 1.54) is 23.9 Å². The number of carbonyl (C=O) groups excluding carboxylic acids is 1. The van der Waals surface area contributed by atoms with Gasteiger partial charge in [0, 0.05) is 32.4 Å². The number of aryl methyl sites for hydroxylation is 1. The Labute approximate surface area is 164 Å². The maximum absolute atomic E-state index is 12.9. The van der Waals surface area contributed by atoms with Crippen LogP contribution in [0.4, 0.5) is 0 Å². The van der Waals surface area contributed by atoms with Crippen LogP contribution in [0, 0.1) is 0 Å². The molecule has 1 aromatic carbocycles. The number of piperidine rings is 1. The van der Waals surface area contributed by atoms with E-state index in [-0.39, 0.29) is 23.0 Å². The third-order valence-electron chi connectivity index (χ3n) is 5.09. The number of hydrogen-bond acceptors (Lipinski definition) is 5. The summed E-state index contributed by atoms with van der Waals surface area (Å²) in [5.74, 6) is -0.0144. The molecule has 1 aliphatic heterocycles. The first kappa shape index (κ1) is 20.1. The van der Waals surface area contributed by atoms with Crippen LogP contribution in [0.5, 0.6) is 5.75 Å². The van der Waals surface area contributed by atoms with Gasteiger partial charge < -0.3 is 14.2 Å². The lowest BCUT2D eigenvalue weighted by Gasteiger charge is -2.32. The lowest BCUT2D eigenvalue weighted by atomic mass is 10.1. The van der Waals surface area contributed by atoms with Gasteiger partial charge >= 0.3 is 0 Å². The molecule has 0 atom stereocenters. The van der Waals surface area contributed by atoms with E-state index in [4.69, 9.17) is 4.74 Å². The summed E-state index contributed by atoms with van der Waals surface area (Å²) in [7, 11) is -0.302. The van der Waals surface area contributed by atoms with E-state index in [1.807, 2.05) is 30.3 Å². The molecule has 0 unspecified atom stereocenters. The zero-order valence-electron chi connectivity index (χ0n) is 16.0. The van der Waals surface area contributed by atoms with Crippen molar-refractivity contribution in [1.29, 1.82) is 0 Å². The first-order chi connectivity index (χ1) is 13.3. The number of pyridine rings is 1. The van der Waals surface area contributed by atoms with E-state index in [1.54, 1.807) is 11.9 Å². The second-order valence-corrected chi connectivity index (χ2v) is 9.27. The van der Waals surface area contributed by atoms with Gasteiger partial charge in [-0.15, -0.1) is 0 Å². The van der Waals surface area contributed by atoms with E-state index in [0.29, 0.717) is 31.5 Å². The number of benzene rings is 1. The Kier molecular flexibility index (Phi) is 5.88. The van der Waals surface area contributed by atoms with Gasteiger partial charge in [0.15, 0.2) is 9.84 Å². The molecule has 28 heavy (non-hydrogen) atoms. The van der Waals surface area contributed by atoms with Gasteiger partial charge in [-0.2, -0.15) is 0 Å². The molecule has 1 aromatic heterocycles. The molecule has 7 nitrogen and oxygen atoms in total. The van der Waals surface area contributed by atoms with Gasteiger partial charge in [0.2, 0.25) is 0 Å². The molecule has 150 valence electrons. The maximum Gasteiger partial charge on any atom is 0.259 e. The second kappa shape index (κ2) is 8.18. The van der Waals surface area contributed by atoms with Gasteiger partial charge in [0.1, 0.15) is 5.75 Å². The highest BCUT2D eigenvalue weighted by atomic mass is 32.2. The van der Waals surface area contributed by atoms with Crippen molar-refractivity contribution in [3.05, 3.63) is 64.1 Å². The molecule has 1 saturated heterocycles. The van der Waals surface area contributed by atoms with Crippen molar-refractivity contribution in [1.82, 2.24) is 9.47 Å². The standard InChI is InChI=1S/C20H24N2O5S/c1-21-13-17(18(27-2)12-19(21)23)20(24)22-10-8-16(9-11-22)28(25,26)14-15-6-4-3-5-7-15/h3-7,12-13,16H,8-11,14H2,1-2H3. The van der Waals surface area contributed by atoms with Crippen molar-refractivity contribution in [3.63, 3.8) is 0 Å². The smallest absolute Gasteiger partial charge is 0.259 e. The molecule has 8 heteroatoms. The summed E-state index contributed by atoms with van der Waals surface area (Å²) in [6.07, 6.45) is 2.26. The molecule has 0 saturated carbocycles. The summed E-state index contributed by atoms with van der Waals surface area (Å²) in [4.78, 5) is 26.2. The fraction of sp³-hybridized carbons (Fsp3) is 0.400. The molecule has 3 rings (SSSR count). The summed E-state index contributed by atoms with van der Waals surface area (Å²) in [6, 6.07) is 10.4. The Bertz CT molecular complexity index is 1010. The number of likely N-dealkylation sites (tertiary alicyclic amines) is 1. The first-order valence-electron chi connectivity index (χ1n) is 9.11. The van der Waals surface area contributed by atoms with Gasteiger partial charge in [-0.25, -0.2) is 8.42 Å². The second-order valence-electron chi connectivity index (χ2n) is 6.99. The molecule has 1 aliphatic rings. The summed E-state index contributed by atoms with van der Waals surface area (Å²) < 4.78 is 31.9. The third kappa shape index (κ3) is 4.27. The average molecular weight is 404 g/mol. The monoisotopic (exact) mass is 404 g/mol. The Morgan fingerprint density at radius 3 is 2.43 bits per heavy atom. The van der Waals surface area contributed by atoms with Gasteiger partial charge in [0.05, 0.1) is 23.7 Å². The molecule has 0 bridgehead atoms. The summed E-state index contributed by atoms with van der Waals surface area (Å²) in [6.45, 7) is 0.701. The van der Waals surface area contributed by atoms with Crippen molar-refractivity contribution in [3.8, 4) is 5.75 Å². The Hall–Kier alpha value is -2.61. The van der Waals surface area contributed by atoms with Gasteiger partial charge in [-0.3, -0.25) is 9.59 Å². The Balaban J connectivity index is 1.69. The minimum absolute atomic E-state index is 0.0150. The topological polar surface area (TPSA) is 85.7 Å². The highest BCUT2D eigenvalue weighted by Gasteiger charge is 2.32. The highest BCUT2D eigenvalue weighted by Crippen LogP contribution is 2.24. The number of ether oxygens (including phenoxy) is 1. The molecule has 0 spiro atoms. The number of sulfone groups is 1. The minimum Gasteiger partial charge on any atom is -0.496 e. The van der Waals surface area contributed by atoms with E-state index in [2.05, 4.69) is 0 Å². The quantitative estimate of drug-likeness (QED) is 0.756. The number of aromatic nitrogens is 1. The number of rotatable bonds is 5. The van der Waals surface area contributed by atoms with Crippen LogP contribution in [0.2, 0.25) is 0 Å². The number of amides is 1. The molecule has 0 N–H and O–H groups in total. The van der Waals surface area contributed by atoms with Crippen LogP contribution in [0.25, 0.3) is 0 Å². The van der Waals surface area contributed by atoms with E-state index < -0.39 is 15.1 Å². The number of hydrogen-bond donors (Lipinski definition) is 0. The third-order valence-corrected chi connectivity index (χ3v) is 7.31. The summed E-state index contributed by atoms with van der Waals surface area (Å²) >= 11 is 0. The first-order valence-corrected chi connectivity index (χ1v) is 10.8. The van der Waals surface area contributed by atoms with Crippen molar-refractivity contribution in [2.24, 2.45) is 7.05 Å². The Morgan fingerprint density at radius 2 is 1.82 bits per heavy atom. The largest absolute Gasteiger partial charge is 0.496 e. The number of nitrogens with zero attached hydrogens (tertiary/aromatic N) is 2. The molecule has 1 amide bonds. The van der Waals surface area contributed by atoms with Crippen molar-refractivity contribution >= 4 is 15.7 Å². The van der Waals surface area contributed by atoms with Crippen LogP contribution in [-0.4, -0.2) is 49.2 Å². The van der Waals surface area contributed by atoms with Gasteiger partial charge in [-0.05, 0) is 18.4 Å². The minimum atomic E-state index is -3.28. The fourth-order valence-electron chi connectivity index (χ4n) is 3.45. The molecular formula is C20H24N2O5S. The maximum atomic E-state index is 12.9. The zero-order chi connectivity index (χ0) is 20.3. The molecule has 1 fully saturated rings. The lowest BCUT2D eigenvalue weighted by Crippen LogP contribution is -2.43. The van der Waals surface area contributed by atoms with Gasteiger partial charge in [0.25, 0.3) is 11.5 Å². The van der Waals surface area contributed by atoms with Crippen LogP contribution in [0.1, 0.15) is 28.8 Å². The number of carbonyl (C=O) groups is 1. The molecule has 2 aromatic rings. The molecule has 0 aliphatic carbocycles. The lowest BCUT2D eigenvalue weighted by molar-refractivity contribution is 0.0721. The molecule has 0 radical (unpaired) electrons. The predicted octanol–water partition coefficient (Wildman–Crippen LogP) is 1.61. The zero-order valence-corrected chi connectivity index (χ0v) is 16.8. The van der Waals surface area contributed by atoms with Crippen LogP contribution in [0.15, 0.2) is 47.4 Å². The van der Waals surface area contributed by atoms with Crippen LogP contribution < -0.4 is 10.3 Å².